The SMILES string of the molecule is Cc1[nH]nc(C(=O)Nc2cc(F)ccc2Br)c1N. The molecule has 2 rings (SSSR count). The van der Waals surface area contributed by atoms with Crippen LogP contribution in [0.5, 0.6) is 0 Å². The van der Waals surface area contributed by atoms with Crippen molar-refractivity contribution < 1.29 is 9.18 Å². The molecule has 0 bridgehead atoms. The molecule has 7 heteroatoms. The molecule has 1 heterocycles. The van der Waals surface area contributed by atoms with Gasteiger partial charge in [-0.3, -0.25) is 9.89 Å². The molecule has 0 aliphatic rings. The number of carbonyl (C=O) groups is 1. The van der Waals surface area contributed by atoms with E-state index in [2.05, 4.69) is 31.4 Å². The molecule has 4 N–H and O–H groups in total. The predicted molar refractivity (Wildman–Crippen MR) is 69.8 cm³/mol. The van der Waals surface area contributed by atoms with Gasteiger partial charge in [-0.25, -0.2) is 4.39 Å². The van der Waals surface area contributed by atoms with Crippen molar-refractivity contribution in [3.8, 4) is 0 Å². The molecule has 0 atom stereocenters. The Kier molecular flexibility index (Phi) is 3.33. The molecule has 1 aromatic carbocycles. The maximum atomic E-state index is 13.1. The third-order valence-corrected chi connectivity index (χ3v) is 3.08. The van der Waals surface area contributed by atoms with Gasteiger partial charge in [-0.15, -0.1) is 0 Å². The molecular formula is C11H10BrFN4O. The molecule has 0 spiro atoms. The Morgan fingerprint density at radius 2 is 2.28 bits per heavy atom. The van der Waals surface area contributed by atoms with Crippen LogP contribution in [-0.4, -0.2) is 16.1 Å². The monoisotopic (exact) mass is 312 g/mol. The van der Waals surface area contributed by atoms with Crippen molar-refractivity contribution in [2.24, 2.45) is 0 Å². The predicted octanol–water partition coefficient (Wildman–Crippen LogP) is 2.45. The van der Waals surface area contributed by atoms with E-state index < -0.39 is 11.7 Å². The highest BCUT2D eigenvalue weighted by Gasteiger charge is 2.16. The van der Waals surface area contributed by atoms with Gasteiger partial charge in [0.05, 0.1) is 17.1 Å². The second-order valence-corrected chi connectivity index (χ2v) is 4.54. The van der Waals surface area contributed by atoms with Gasteiger partial charge in [-0.05, 0) is 41.1 Å². The highest BCUT2D eigenvalue weighted by Crippen LogP contribution is 2.24. The zero-order valence-electron chi connectivity index (χ0n) is 9.42. The van der Waals surface area contributed by atoms with E-state index in [0.717, 1.165) is 0 Å². The fourth-order valence-electron chi connectivity index (χ4n) is 1.39. The number of anilines is 2. The van der Waals surface area contributed by atoms with Crippen LogP contribution in [0.25, 0.3) is 0 Å². The van der Waals surface area contributed by atoms with Crippen LogP contribution in [0.4, 0.5) is 15.8 Å². The van der Waals surface area contributed by atoms with E-state index in [1.54, 1.807) is 6.92 Å². The van der Waals surface area contributed by atoms with Crippen LogP contribution in [-0.2, 0) is 0 Å². The first-order chi connectivity index (χ1) is 8.49. The Morgan fingerprint density at radius 3 is 2.89 bits per heavy atom. The number of benzene rings is 1. The van der Waals surface area contributed by atoms with Gasteiger partial charge in [0.2, 0.25) is 0 Å². The summed E-state index contributed by atoms with van der Waals surface area (Å²) < 4.78 is 13.6. The maximum Gasteiger partial charge on any atom is 0.278 e. The Morgan fingerprint density at radius 1 is 1.56 bits per heavy atom. The second kappa shape index (κ2) is 4.77. The number of aromatic nitrogens is 2. The fraction of sp³-hybridized carbons (Fsp3) is 0.0909. The molecule has 0 saturated heterocycles. The molecule has 0 radical (unpaired) electrons. The number of carbonyl (C=O) groups excluding carboxylic acids is 1. The summed E-state index contributed by atoms with van der Waals surface area (Å²) in [6.07, 6.45) is 0. The summed E-state index contributed by atoms with van der Waals surface area (Å²) in [6.45, 7) is 1.71. The van der Waals surface area contributed by atoms with Crippen molar-refractivity contribution >= 4 is 33.2 Å². The van der Waals surface area contributed by atoms with E-state index in [0.29, 0.717) is 15.9 Å². The number of aromatic amines is 1. The van der Waals surface area contributed by atoms with Gasteiger partial charge in [0.1, 0.15) is 5.82 Å². The molecule has 1 aromatic heterocycles. The topological polar surface area (TPSA) is 83.8 Å². The minimum atomic E-state index is -0.497. The number of hydrogen-bond donors (Lipinski definition) is 3. The molecule has 94 valence electrons. The van der Waals surface area contributed by atoms with Gasteiger partial charge in [0.15, 0.2) is 5.69 Å². The summed E-state index contributed by atoms with van der Waals surface area (Å²) in [5, 5.41) is 8.93. The van der Waals surface area contributed by atoms with Gasteiger partial charge in [-0.2, -0.15) is 5.10 Å². The summed E-state index contributed by atoms with van der Waals surface area (Å²) in [5.74, 6) is -0.942. The summed E-state index contributed by atoms with van der Waals surface area (Å²) in [4.78, 5) is 11.9. The van der Waals surface area contributed by atoms with Gasteiger partial charge in [0.25, 0.3) is 5.91 Å². The zero-order chi connectivity index (χ0) is 13.3. The average molecular weight is 313 g/mol. The number of aryl methyl sites for hydroxylation is 1. The molecule has 0 saturated carbocycles. The lowest BCUT2D eigenvalue weighted by Crippen LogP contribution is -2.14. The van der Waals surface area contributed by atoms with Gasteiger partial charge in [-0.1, -0.05) is 0 Å². The number of hydrogen-bond acceptors (Lipinski definition) is 3. The molecule has 0 unspecified atom stereocenters. The zero-order valence-corrected chi connectivity index (χ0v) is 11.0. The Bertz CT molecular complexity index is 611. The van der Waals surface area contributed by atoms with Gasteiger partial charge >= 0.3 is 0 Å². The average Bonchev–Trinajstić information content (AvgIpc) is 2.65. The van der Waals surface area contributed by atoms with Crippen LogP contribution in [0.3, 0.4) is 0 Å². The van der Waals surface area contributed by atoms with E-state index in [1.165, 1.54) is 18.2 Å². The molecule has 0 fully saturated rings. The lowest BCUT2D eigenvalue weighted by molar-refractivity contribution is 0.102. The third-order valence-electron chi connectivity index (χ3n) is 2.39. The highest BCUT2D eigenvalue weighted by atomic mass is 79.9. The molecule has 1 amide bonds. The largest absolute Gasteiger partial charge is 0.395 e. The van der Waals surface area contributed by atoms with Crippen molar-refractivity contribution in [1.82, 2.24) is 10.2 Å². The lowest BCUT2D eigenvalue weighted by Gasteiger charge is -2.06. The van der Waals surface area contributed by atoms with Crippen LogP contribution < -0.4 is 11.1 Å². The molecule has 5 nitrogen and oxygen atoms in total. The first kappa shape index (κ1) is 12.6. The van der Waals surface area contributed by atoms with Crippen LogP contribution in [0.1, 0.15) is 16.2 Å². The van der Waals surface area contributed by atoms with Crippen molar-refractivity contribution in [3.05, 3.63) is 39.9 Å². The minimum Gasteiger partial charge on any atom is -0.395 e. The molecule has 0 aliphatic carbocycles. The van der Waals surface area contributed by atoms with Crippen molar-refractivity contribution in [2.45, 2.75) is 6.92 Å². The second-order valence-electron chi connectivity index (χ2n) is 3.69. The fourth-order valence-corrected chi connectivity index (χ4v) is 1.73. The van der Waals surface area contributed by atoms with Crippen LogP contribution in [0.15, 0.2) is 22.7 Å². The standard InChI is InChI=1S/C11H10BrFN4O/c1-5-9(14)10(17-16-5)11(18)15-8-4-6(13)2-3-7(8)12/h2-4H,14H2,1H3,(H,15,18)(H,16,17). The highest BCUT2D eigenvalue weighted by molar-refractivity contribution is 9.10. The molecule has 0 aliphatic heterocycles. The molecule has 18 heavy (non-hydrogen) atoms. The number of nitrogens with one attached hydrogen (secondary N) is 2. The first-order valence-corrected chi connectivity index (χ1v) is 5.85. The number of halogens is 2. The third kappa shape index (κ3) is 2.35. The first-order valence-electron chi connectivity index (χ1n) is 5.06. The lowest BCUT2D eigenvalue weighted by atomic mass is 10.2. The maximum absolute atomic E-state index is 13.1. The van der Waals surface area contributed by atoms with E-state index in [9.17, 15) is 9.18 Å². The number of nitrogens with two attached hydrogens (primary N) is 1. The van der Waals surface area contributed by atoms with Crippen molar-refractivity contribution in [1.29, 1.82) is 0 Å². The Labute approximate surface area is 111 Å². The number of amides is 1. The van der Waals surface area contributed by atoms with Crippen LogP contribution >= 0.6 is 15.9 Å². The number of nitrogen functional groups attached to an aromatic ring is 1. The number of nitrogens with zero attached hydrogens (tertiary/aromatic N) is 1. The summed E-state index contributed by atoms with van der Waals surface area (Å²) in [7, 11) is 0. The van der Waals surface area contributed by atoms with Crippen LogP contribution in [0.2, 0.25) is 0 Å². The number of rotatable bonds is 2. The quantitative estimate of drug-likeness (QED) is 0.796. The summed E-state index contributed by atoms with van der Waals surface area (Å²) in [6, 6.07) is 3.99. The van der Waals surface area contributed by atoms with Crippen molar-refractivity contribution in [3.63, 3.8) is 0 Å². The summed E-state index contributed by atoms with van der Waals surface area (Å²) in [5.41, 5.74) is 6.98. The van der Waals surface area contributed by atoms with Gasteiger partial charge in [0, 0.05) is 4.47 Å². The smallest absolute Gasteiger partial charge is 0.278 e. The molecular weight excluding hydrogens is 303 g/mol. The molecule has 2 aromatic rings. The van der Waals surface area contributed by atoms with Gasteiger partial charge < -0.3 is 11.1 Å². The van der Waals surface area contributed by atoms with E-state index in [1.807, 2.05) is 0 Å². The minimum absolute atomic E-state index is 0.0867. The summed E-state index contributed by atoms with van der Waals surface area (Å²) >= 11 is 3.21. The van der Waals surface area contributed by atoms with Crippen molar-refractivity contribution in [2.75, 3.05) is 11.1 Å². The Hall–Kier alpha value is -1.89. The number of H-pyrrole nitrogens is 1. The van der Waals surface area contributed by atoms with E-state index in [-0.39, 0.29) is 11.4 Å². The van der Waals surface area contributed by atoms with Crippen LogP contribution in [0, 0.1) is 12.7 Å². The van der Waals surface area contributed by atoms with E-state index in [4.69, 9.17) is 5.73 Å². The Balaban J connectivity index is 2.27. The normalized spacial score (nSPS) is 10.4. The van der Waals surface area contributed by atoms with E-state index >= 15 is 0 Å².